The van der Waals surface area contributed by atoms with E-state index in [9.17, 15) is 31.1 Å². The molecule has 0 saturated carbocycles. The Morgan fingerprint density at radius 3 is 2.42 bits per heavy atom. The molecule has 4 N–H and O–H groups in total. The van der Waals surface area contributed by atoms with Gasteiger partial charge in [0.25, 0.3) is 0 Å². The second kappa shape index (κ2) is 11.5. The molecule has 0 bridgehead atoms. The van der Waals surface area contributed by atoms with Crippen LogP contribution in [0.3, 0.4) is 0 Å². The normalized spacial score (nSPS) is 14.6. The van der Waals surface area contributed by atoms with Crippen molar-refractivity contribution in [2.24, 2.45) is 0 Å². The van der Waals surface area contributed by atoms with Crippen LogP contribution in [0.2, 0.25) is 0 Å². The van der Waals surface area contributed by atoms with Crippen LogP contribution in [0.1, 0.15) is 19.8 Å². The summed E-state index contributed by atoms with van der Waals surface area (Å²) in [6.07, 6.45) is -2.61. The van der Waals surface area contributed by atoms with Gasteiger partial charge >= 0.3 is 18.3 Å². The number of rotatable bonds is 6. The first-order valence-corrected chi connectivity index (χ1v) is 11.1. The Bertz CT molecular complexity index is 1270. The molecule has 1 saturated heterocycles. The molecule has 1 aliphatic heterocycles. The zero-order chi connectivity index (χ0) is 28.1. The summed E-state index contributed by atoms with van der Waals surface area (Å²) in [5.41, 5.74) is 2.00. The lowest BCUT2D eigenvalue weighted by molar-refractivity contribution is -0.192. The molecule has 1 fully saturated rings. The third kappa shape index (κ3) is 7.66. The van der Waals surface area contributed by atoms with Gasteiger partial charge in [0.05, 0.1) is 5.69 Å². The molecular formula is C21H22F6N8O3. The van der Waals surface area contributed by atoms with Crippen molar-refractivity contribution in [1.82, 2.24) is 30.2 Å². The third-order valence-electron chi connectivity index (χ3n) is 5.22. The first-order chi connectivity index (χ1) is 17.7. The fourth-order valence-corrected chi connectivity index (χ4v) is 3.42. The highest BCUT2D eigenvalue weighted by Crippen LogP contribution is 2.30. The smallest absolute Gasteiger partial charge is 0.475 e. The average Bonchev–Trinajstić information content (AvgIpc) is 3.52. The van der Waals surface area contributed by atoms with E-state index in [0.717, 1.165) is 36.9 Å². The van der Waals surface area contributed by atoms with Gasteiger partial charge in [-0.1, -0.05) is 0 Å². The second-order valence-corrected chi connectivity index (χ2v) is 8.12. The highest BCUT2D eigenvalue weighted by Gasteiger charge is 2.38. The summed E-state index contributed by atoms with van der Waals surface area (Å²) in [6, 6.07) is 0.885. The highest BCUT2D eigenvalue weighted by molar-refractivity contribution is 5.92. The van der Waals surface area contributed by atoms with E-state index in [1.165, 1.54) is 13.3 Å². The maximum Gasteiger partial charge on any atom is 0.490 e. The number of H-pyrrole nitrogens is 1. The van der Waals surface area contributed by atoms with Crippen molar-refractivity contribution < 1.29 is 41.0 Å². The Morgan fingerprint density at radius 2 is 1.82 bits per heavy atom. The summed E-state index contributed by atoms with van der Waals surface area (Å²) in [6.45, 7) is 1.74. The fraction of sp³-hybridized carbons (Fsp3) is 0.429. The number of carboxylic acid groups (broad SMARTS) is 1. The van der Waals surface area contributed by atoms with Gasteiger partial charge in [0.2, 0.25) is 11.9 Å². The number of carbonyl (C=O) groups excluding carboxylic acids is 1. The Morgan fingerprint density at radius 1 is 1.16 bits per heavy atom. The lowest BCUT2D eigenvalue weighted by Gasteiger charge is -2.20. The minimum atomic E-state index is -5.08. The number of carbonyl (C=O) groups is 2. The van der Waals surface area contributed by atoms with E-state index in [2.05, 4.69) is 35.1 Å². The second-order valence-electron chi connectivity index (χ2n) is 8.12. The number of alkyl halides is 6. The van der Waals surface area contributed by atoms with Gasteiger partial charge in [0, 0.05) is 42.5 Å². The molecule has 1 aliphatic rings. The number of hydrogen-bond donors (Lipinski definition) is 4. The van der Waals surface area contributed by atoms with E-state index in [0.29, 0.717) is 17.2 Å². The van der Waals surface area contributed by atoms with E-state index in [4.69, 9.17) is 9.90 Å². The lowest BCUT2D eigenvalue weighted by Crippen LogP contribution is -2.42. The molecule has 0 aliphatic carbocycles. The summed E-state index contributed by atoms with van der Waals surface area (Å²) in [4.78, 5) is 43.4. The Hall–Kier alpha value is -4.18. The number of hydrogen-bond acceptors (Lipinski definition) is 8. The van der Waals surface area contributed by atoms with Crippen LogP contribution in [0.25, 0.3) is 22.3 Å². The van der Waals surface area contributed by atoms with Crippen molar-refractivity contribution in [3.63, 3.8) is 0 Å². The van der Waals surface area contributed by atoms with E-state index in [-0.39, 0.29) is 5.95 Å². The Kier molecular flexibility index (Phi) is 8.57. The quantitative estimate of drug-likeness (QED) is 0.341. The molecule has 11 nitrogen and oxygen atoms in total. The molecule has 3 aromatic rings. The van der Waals surface area contributed by atoms with Crippen molar-refractivity contribution in [3.8, 4) is 11.3 Å². The van der Waals surface area contributed by atoms with Crippen molar-refractivity contribution in [3.05, 3.63) is 24.8 Å². The number of carboxylic acids is 1. The van der Waals surface area contributed by atoms with Crippen LogP contribution in [0.15, 0.2) is 24.8 Å². The van der Waals surface area contributed by atoms with Crippen LogP contribution in [0.4, 0.5) is 38.1 Å². The molecule has 3 aromatic heterocycles. The average molecular weight is 548 g/mol. The SMILES string of the molecule is CC(Nc1nc(-c2c[nH]c3ncncc23)cc(N2CCCC2)n1)C(=O)NCC(F)(F)F.O=C(O)C(F)(F)F. The third-order valence-corrected chi connectivity index (χ3v) is 5.22. The lowest BCUT2D eigenvalue weighted by atomic mass is 10.1. The van der Waals surface area contributed by atoms with Crippen molar-refractivity contribution in [2.45, 2.75) is 38.2 Å². The van der Waals surface area contributed by atoms with Gasteiger partial charge in [-0.05, 0) is 19.8 Å². The molecule has 0 spiro atoms. The number of amides is 1. The number of halogens is 6. The van der Waals surface area contributed by atoms with E-state index in [1.54, 1.807) is 12.4 Å². The number of nitrogens with zero attached hydrogens (tertiary/aromatic N) is 5. The van der Waals surface area contributed by atoms with Gasteiger partial charge < -0.3 is 25.6 Å². The minimum absolute atomic E-state index is 0.153. The standard InChI is InChI=1S/C19H21F3N8O.C2HF3O2/c1-11(17(31)25-9-19(20,21)22)27-18-28-14(6-15(29-18)30-4-2-3-5-30)12-8-24-16-13(12)7-23-10-26-16;3-2(4,5)1(6)7/h6-8,10-11H,2-5,9H2,1H3,(H,25,31)(H,23,24,26)(H,27,28,29);(H,6,7). The first kappa shape index (κ1) is 28.4. The predicted molar refractivity (Wildman–Crippen MR) is 122 cm³/mol. The van der Waals surface area contributed by atoms with Gasteiger partial charge in [0.15, 0.2) is 0 Å². The molecular weight excluding hydrogens is 526 g/mol. The van der Waals surface area contributed by atoms with Crippen LogP contribution in [-0.2, 0) is 9.59 Å². The van der Waals surface area contributed by atoms with Gasteiger partial charge in [0.1, 0.15) is 30.4 Å². The number of aromatic nitrogens is 5. The molecule has 1 amide bonds. The van der Waals surface area contributed by atoms with Gasteiger partial charge in [-0.15, -0.1) is 0 Å². The van der Waals surface area contributed by atoms with E-state index < -0.39 is 36.8 Å². The van der Waals surface area contributed by atoms with Crippen LogP contribution in [0.5, 0.6) is 0 Å². The first-order valence-electron chi connectivity index (χ1n) is 11.1. The maximum atomic E-state index is 12.4. The Balaban J connectivity index is 0.000000505. The zero-order valence-corrected chi connectivity index (χ0v) is 19.7. The Labute approximate surface area is 210 Å². The van der Waals surface area contributed by atoms with E-state index >= 15 is 0 Å². The van der Waals surface area contributed by atoms with Gasteiger partial charge in [-0.2, -0.15) is 31.3 Å². The summed E-state index contributed by atoms with van der Waals surface area (Å²) in [5.74, 6) is -2.72. The van der Waals surface area contributed by atoms with E-state index in [1.807, 2.05) is 11.4 Å². The molecule has 17 heteroatoms. The molecule has 1 unspecified atom stereocenters. The van der Waals surface area contributed by atoms with Crippen LogP contribution >= 0.6 is 0 Å². The van der Waals surface area contributed by atoms with Crippen LogP contribution < -0.4 is 15.5 Å². The molecule has 0 aromatic carbocycles. The monoisotopic (exact) mass is 548 g/mol. The molecule has 38 heavy (non-hydrogen) atoms. The molecule has 0 radical (unpaired) electrons. The van der Waals surface area contributed by atoms with Gasteiger partial charge in [-0.3, -0.25) is 4.79 Å². The van der Waals surface area contributed by atoms with Crippen molar-refractivity contribution >= 4 is 34.7 Å². The van der Waals surface area contributed by atoms with Crippen LogP contribution in [-0.4, -0.2) is 79.9 Å². The molecule has 206 valence electrons. The summed E-state index contributed by atoms with van der Waals surface area (Å²) in [5, 5.41) is 12.6. The van der Waals surface area contributed by atoms with Crippen molar-refractivity contribution in [1.29, 1.82) is 0 Å². The highest BCUT2D eigenvalue weighted by atomic mass is 19.4. The largest absolute Gasteiger partial charge is 0.490 e. The number of nitrogens with one attached hydrogen (secondary N) is 3. The topological polar surface area (TPSA) is 149 Å². The number of aliphatic carboxylic acids is 1. The molecule has 1 atom stereocenters. The molecule has 4 rings (SSSR count). The fourth-order valence-electron chi connectivity index (χ4n) is 3.42. The number of fused-ring (bicyclic) bond motifs is 1. The summed E-state index contributed by atoms with van der Waals surface area (Å²) >= 11 is 0. The zero-order valence-electron chi connectivity index (χ0n) is 19.7. The van der Waals surface area contributed by atoms with Crippen LogP contribution in [0, 0.1) is 0 Å². The number of aromatic amines is 1. The minimum Gasteiger partial charge on any atom is -0.475 e. The van der Waals surface area contributed by atoms with Crippen molar-refractivity contribution in [2.75, 3.05) is 29.9 Å². The number of anilines is 2. The summed E-state index contributed by atoms with van der Waals surface area (Å²) < 4.78 is 68.9. The van der Waals surface area contributed by atoms with Gasteiger partial charge in [-0.25, -0.2) is 19.7 Å². The maximum absolute atomic E-state index is 12.4. The predicted octanol–water partition coefficient (Wildman–Crippen LogP) is 3.13. The molecule has 4 heterocycles. The summed E-state index contributed by atoms with van der Waals surface area (Å²) in [7, 11) is 0.